The molecular formula is C7H3IN2O3S. The molecule has 14 heavy (non-hydrogen) atoms. The highest BCUT2D eigenvalue weighted by molar-refractivity contribution is 14.1. The highest BCUT2D eigenvalue weighted by Crippen LogP contribution is 2.24. The smallest absolute Gasteiger partial charge is 0.377 e. The number of halogens is 1. The van der Waals surface area contributed by atoms with Crippen LogP contribution in [0.2, 0.25) is 0 Å². The van der Waals surface area contributed by atoms with Crippen LogP contribution in [0.3, 0.4) is 0 Å². The third-order valence-electron chi connectivity index (χ3n) is 1.43. The van der Waals surface area contributed by atoms with Crippen molar-refractivity contribution >= 4 is 39.9 Å². The van der Waals surface area contributed by atoms with E-state index in [2.05, 4.69) is 32.7 Å². The van der Waals surface area contributed by atoms with Crippen molar-refractivity contribution in [3.63, 3.8) is 0 Å². The molecule has 0 aromatic carbocycles. The number of rotatable bonds is 2. The summed E-state index contributed by atoms with van der Waals surface area (Å²) in [6.07, 6.45) is 0. The third-order valence-corrected chi connectivity index (χ3v) is 3.22. The van der Waals surface area contributed by atoms with Crippen LogP contribution < -0.4 is 0 Å². The number of carboxylic acids is 1. The number of aromatic carboxylic acids is 1. The van der Waals surface area contributed by atoms with Crippen LogP contribution in [-0.2, 0) is 0 Å². The summed E-state index contributed by atoms with van der Waals surface area (Å²) in [5.41, 5.74) is 0.749. The van der Waals surface area contributed by atoms with Crippen LogP contribution in [0, 0.1) is 2.88 Å². The summed E-state index contributed by atoms with van der Waals surface area (Å²) in [6.45, 7) is 0. The average molecular weight is 322 g/mol. The SMILES string of the molecule is O=C(O)c1noc(-c2csc(I)c2)n1. The normalized spacial score (nSPS) is 10.4. The van der Waals surface area contributed by atoms with E-state index in [9.17, 15) is 4.79 Å². The molecule has 0 unspecified atom stereocenters. The molecule has 0 spiro atoms. The van der Waals surface area contributed by atoms with Crippen molar-refractivity contribution in [1.29, 1.82) is 0 Å². The minimum Gasteiger partial charge on any atom is -0.475 e. The summed E-state index contributed by atoms with van der Waals surface area (Å²) in [5.74, 6) is -1.27. The van der Waals surface area contributed by atoms with Gasteiger partial charge in [0, 0.05) is 5.38 Å². The van der Waals surface area contributed by atoms with Gasteiger partial charge in [-0.05, 0) is 33.8 Å². The van der Waals surface area contributed by atoms with Crippen LogP contribution >= 0.6 is 33.9 Å². The van der Waals surface area contributed by atoms with E-state index in [1.54, 1.807) is 0 Å². The van der Waals surface area contributed by atoms with E-state index in [4.69, 9.17) is 9.63 Å². The van der Waals surface area contributed by atoms with Crippen molar-refractivity contribution in [3.05, 3.63) is 20.2 Å². The van der Waals surface area contributed by atoms with E-state index in [-0.39, 0.29) is 11.7 Å². The number of aromatic nitrogens is 2. The Kier molecular flexibility index (Phi) is 2.50. The molecule has 0 saturated carbocycles. The van der Waals surface area contributed by atoms with Crippen molar-refractivity contribution in [3.8, 4) is 11.5 Å². The molecule has 0 aliphatic heterocycles. The van der Waals surface area contributed by atoms with Crippen molar-refractivity contribution in [2.45, 2.75) is 0 Å². The van der Waals surface area contributed by atoms with Crippen LogP contribution in [0.4, 0.5) is 0 Å². The van der Waals surface area contributed by atoms with E-state index < -0.39 is 5.97 Å². The van der Waals surface area contributed by atoms with Crippen LogP contribution in [0.1, 0.15) is 10.6 Å². The zero-order valence-electron chi connectivity index (χ0n) is 6.60. The van der Waals surface area contributed by atoms with Crippen LogP contribution in [0.5, 0.6) is 0 Å². The standard InChI is InChI=1S/C7H3IN2O3S/c8-4-1-3(2-14-4)6-9-5(7(11)12)10-13-6/h1-2H,(H,11,12). The second-order valence-electron chi connectivity index (χ2n) is 2.37. The predicted octanol–water partition coefficient (Wildman–Crippen LogP) is 2.10. The van der Waals surface area contributed by atoms with Gasteiger partial charge in [-0.3, -0.25) is 0 Å². The zero-order chi connectivity index (χ0) is 10.1. The van der Waals surface area contributed by atoms with Gasteiger partial charge < -0.3 is 9.63 Å². The summed E-state index contributed by atoms with van der Waals surface area (Å²) in [5, 5.41) is 13.7. The summed E-state index contributed by atoms with van der Waals surface area (Å²) >= 11 is 3.69. The molecular weight excluding hydrogens is 319 g/mol. The second kappa shape index (κ2) is 3.65. The Morgan fingerprint density at radius 3 is 2.93 bits per heavy atom. The lowest BCUT2D eigenvalue weighted by atomic mass is 10.3. The zero-order valence-corrected chi connectivity index (χ0v) is 9.57. The first kappa shape index (κ1) is 9.59. The first-order valence-corrected chi connectivity index (χ1v) is 5.44. The number of nitrogens with zero attached hydrogens (tertiary/aromatic N) is 2. The van der Waals surface area contributed by atoms with Gasteiger partial charge in [-0.2, -0.15) is 4.98 Å². The molecule has 0 bridgehead atoms. The number of hydrogen-bond donors (Lipinski definition) is 1. The summed E-state index contributed by atoms with van der Waals surface area (Å²) in [7, 11) is 0. The van der Waals surface area contributed by atoms with Gasteiger partial charge in [0.1, 0.15) is 0 Å². The van der Waals surface area contributed by atoms with Crippen molar-refractivity contribution < 1.29 is 14.4 Å². The van der Waals surface area contributed by atoms with Gasteiger partial charge in [-0.1, -0.05) is 0 Å². The molecule has 5 nitrogen and oxygen atoms in total. The van der Waals surface area contributed by atoms with E-state index in [0.29, 0.717) is 0 Å². The molecule has 2 aromatic rings. The van der Waals surface area contributed by atoms with E-state index >= 15 is 0 Å². The van der Waals surface area contributed by atoms with Crippen molar-refractivity contribution in [1.82, 2.24) is 10.1 Å². The Hall–Kier alpha value is -0.960. The van der Waals surface area contributed by atoms with Crippen molar-refractivity contribution in [2.24, 2.45) is 0 Å². The molecule has 7 heteroatoms. The number of carbonyl (C=O) groups is 1. The molecule has 0 aliphatic rings. The van der Waals surface area contributed by atoms with E-state index in [1.165, 1.54) is 11.3 Å². The predicted molar refractivity (Wildman–Crippen MR) is 57.3 cm³/mol. The van der Waals surface area contributed by atoms with Gasteiger partial charge in [0.15, 0.2) is 0 Å². The minimum atomic E-state index is -1.19. The van der Waals surface area contributed by atoms with Gasteiger partial charge in [0.25, 0.3) is 11.7 Å². The molecule has 0 saturated heterocycles. The van der Waals surface area contributed by atoms with Gasteiger partial charge in [0.05, 0.1) is 8.45 Å². The van der Waals surface area contributed by atoms with E-state index in [1.807, 2.05) is 11.4 Å². The second-order valence-corrected chi connectivity index (χ2v) is 5.17. The Morgan fingerprint density at radius 1 is 1.64 bits per heavy atom. The molecule has 0 fully saturated rings. The summed E-state index contributed by atoms with van der Waals surface area (Å²) < 4.78 is 5.86. The largest absolute Gasteiger partial charge is 0.475 e. The fraction of sp³-hybridized carbons (Fsp3) is 0. The number of hydrogen-bond acceptors (Lipinski definition) is 5. The van der Waals surface area contributed by atoms with Gasteiger partial charge in [0.2, 0.25) is 0 Å². The number of thiophene rings is 1. The topological polar surface area (TPSA) is 76.2 Å². The van der Waals surface area contributed by atoms with Gasteiger partial charge in [-0.25, -0.2) is 4.79 Å². The van der Waals surface area contributed by atoms with Crippen molar-refractivity contribution in [2.75, 3.05) is 0 Å². The Morgan fingerprint density at radius 2 is 2.43 bits per heavy atom. The van der Waals surface area contributed by atoms with Crippen LogP contribution in [-0.4, -0.2) is 21.2 Å². The minimum absolute atomic E-state index is 0.238. The molecule has 2 rings (SSSR count). The van der Waals surface area contributed by atoms with Crippen LogP contribution in [0.15, 0.2) is 16.0 Å². The van der Waals surface area contributed by atoms with Crippen LogP contribution in [0.25, 0.3) is 11.5 Å². The maximum atomic E-state index is 10.5. The van der Waals surface area contributed by atoms with Gasteiger partial charge in [-0.15, -0.1) is 11.3 Å². The quantitative estimate of drug-likeness (QED) is 0.857. The maximum absolute atomic E-state index is 10.5. The Balaban J connectivity index is 2.38. The summed E-state index contributed by atoms with van der Waals surface area (Å²) in [4.78, 5) is 14.2. The number of carboxylic acid groups (broad SMARTS) is 1. The first-order valence-electron chi connectivity index (χ1n) is 3.48. The molecule has 0 amide bonds. The average Bonchev–Trinajstić information content (AvgIpc) is 2.70. The highest BCUT2D eigenvalue weighted by Gasteiger charge is 2.14. The Bertz CT molecular complexity index is 479. The Labute approximate surface area is 95.9 Å². The molecule has 1 N–H and O–H groups in total. The first-order chi connectivity index (χ1) is 6.66. The maximum Gasteiger partial charge on any atom is 0.377 e. The monoisotopic (exact) mass is 322 g/mol. The lowest BCUT2D eigenvalue weighted by Crippen LogP contribution is -1.98. The lowest BCUT2D eigenvalue weighted by molar-refractivity contribution is 0.0680. The molecule has 2 heterocycles. The van der Waals surface area contributed by atoms with E-state index in [0.717, 1.165) is 8.45 Å². The highest BCUT2D eigenvalue weighted by atomic mass is 127. The molecule has 0 atom stereocenters. The molecule has 72 valence electrons. The molecule has 2 aromatic heterocycles. The fourth-order valence-corrected chi connectivity index (χ4v) is 2.17. The molecule has 0 radical (unpaired) electrons. The molecule has 0 aliphatic carbocycles. The fourth-order valence-electron chi connectivity index (χ4n) is 0.850. The third kappa shape index (κ3) is 1.77. The lowest BCUT2D eigenvalue weighted by Gasteiger charge is -1.82. The summed E-state index contributed by atoms with van der Waals surface area (Å²) in [6, 6.07) is 1.85. The van der Waals surface area contributed by atoms with Gasteiger partial charge >= 0.3 is 5.97 Å².